The molecule has 0 unspecified atom stereocenters. The number of nitrogens with zero attached hydrogens (tertiary/aromatic N) is 2. The molecule has 0 saturated carbocycles. The lowest BCUT2D eigenvalue weighted by Gasteiger charge is -2.11. The highest BCUT2D eigenvalue weighted by Crippen LogP contribution is 2.17. The quantitative estimate of drug-likeness (QED) is 0.475. The van der Waals surface area contributed by atoms with Crippen LogP contribution in [0.15, 0.2) is 34.2 Å². The van der Waals surface area contributed by atoms with Crippen molar-refractivity contribution >= 4 is 17.7 Å². The van der Waals surface area contributed by atoms with Crippen molar-refractivity contribution in [3.63, 3.8) is 0 Å². The third-order valence-corrected chi connectivity index (χ3v) is 4.39. The Morgan fingerprint density at radius 2 is 2.00 bits per heavy atom. The monoisotopic (exact) mass is 336 g/mol. The third-order valence-electron chi connectivity index (χ3n) is 3.39. The van der Waals surface area contributed by atoms with E-state index in [0.29, 0.717) is 22.8 Å². The van der Waals surface area contributed by atoms with Gasteiger partial charge in [-0.1, -0.05) is 23.9 Å². The van der Waals surface area contributed by atoms with Crippen LogP contribution in [0, 0.1) is 12.7 Å². The maximum atomic E-state index is 13.0. The van der Waals surface area contributed by atoms with Crippen LogP contribution in [-0.4, -0.2) is 28.4 Å². The van der Waals surface area contributed by atoms with Gasteiger partial charge in [0, 0.05) is 24.7 Å². The molecule has 1 heterocycles. The molecule has 0 N–H and O–H groups in total. The summed E-state index contributed by atoms with van der Waals surface area (Å²) < 4.78 is 19.0. The molecule has 2 rings (SSSR count). The summed E-state index contributed by atoms with van der Waals surface area (Å²) in [5, 5.41) is 0.459. The Labute approximate surface area is 137 Å². The van der Waals surface area contributed by atoms with Crippen LogP contribution in [0.2, 0.25) is 0 Å². The summed E-state index contributed by atoms with van der Waals surface area (Å²) in [7, 11) is 2.93. The van der Waals surface area contributed by atoms with Gasteiger partial charge in [-0.2, -0.15) is 0 Å². The van der Waals surface area contributed by atoms with Crippen LogP contribution >= 0.6 is 11.8 Å². The summed E-state index contributed by atoms with van der Waals surface area (Å²) in [5.41, 5.74) is 1.82. The van der Waals surface area contributed by atoms with Gasteiger partial charge in [-0.15, -0.1) is 0 Å². The number of aryl methyl sites for hydroxylation is 1. The van der Waals surface area contributed by atoms with Crippen LogP contribution in [0.5, 0.6) is 0 Å². The predicted molar refractivity (Wildman–Crippen MR) is 86.2 cm³/mol. The number of thioether (sulfide) groups is 1. The summed E-state index contributed by atoms with van der Waals surface area (Å²) >= 11 is 1.15. The number of ether oxygens (including phenoxy) is 1. The summed E-state index contributed by atoms with van der Waals surface area (Å²) in [6.45, 7) is 1.75. The molecule has 7 heteroatoms. The van der Waals surface area contributed by atoms with E-state index >= 15 is 0 Å². The van der Waals surface area contributed by atoms with Crippen LogP contribution in [0.3, 0.4) is 0 Å². The van der Waals surface area contributed by atoms with Crippen LogP contribution in [-0.2, 0) is 23.0 Å². The Balaban J connectivity index is 2.28. The summed E-state index contributed by atoms with van der Waals surface area (Å²) in [5.74, 6) is -0.601. The van der Waals surface area contributed by atoms with Crippen LogP contribution in [0.25, 0.3) is 0 Å². The molecule has 1 aromatic heterocycles. The van der Waals surface area contributed by atoms with Crippen LogP contribution in [0.4, 0.5) is 4.39 Å². The van der Waals surface area contributed by atoms with Gasteiger partial charge in [0.1, 0.15) is 5.82 Å². The molecule has 0 aliphatic heterocycles. The first-order valence-electron chi connectivity index (χ1n) is 6.93. The molecule has 0 bridgehead atoms. The van der Waals surface area contributed by atoms with E-state index in [0.717, 1.165) is 17.3 Å². The third kappa shape index (κ3) is 4.19. The number of carbonyl (C=O) groups is 1. The van der Waals surface area contributed by atoms with E-state index < -0.39 is 0 Å². The fraction of sp³-hybridized carbons (Fsp3) is 0.312. The number of methoxy groups -OCH3 is 1. The predicted octanol–water partition coefficient (Wildman–Crippen LogP) is 2.08. The molecule has 23 heavy (non-hydrogen) atoms. The molecule has 5 nitrogen and oxygen atoms in total. The number of hydrogen-bond donors (Lipinski definition) is 0. The SMILES string of the molecule is COC(=O)CSc1nc(C)c(Cc2ccc(F)cc2)c(=O)n1C. The maximum absolute atomic E-state index is 13.0. The van der Waals surface area contributed by atoms with Crippen molar-refractivity contribution in [3.05, 3.63) is 57.3 Å². The Kier molecular flexibility index (Phi) is 5.54. The zero-order chi connectivity index (χ0) is 17.0. The fourth-order valence-corrected chi connectivity index (χ4v) is 2.89. The second kappa shape index (κ2) is 7.41. The zero-order valence-electron chi connectivity index (χ0n) is 13.1. The lowest BCUT2D eigenvalue weighted by molar-refractivity contribution is -0.137. The molecule has 122 valence electrons. The van der Waals surface area contributed by atoms with Crippen molar-refractivity contribution in [2.75, 3.05) is 12.9 Å². The Bertz CT molecular complexity index is 772. The average molecular weight is 336 g/mol. The minimum Gasteiger partial charge on any atom is -0.468 e. The van der Waals surface area contributed by atoms with E-state index in [1.807, 2.05) is 0 Å². The second-order valence-corrected chi connectivity index (χ2v) is 5.93. The van der Waals surface area contributed by atoms with Crippen LogP contribution < -0.4 is 5.56 Å². The molecule has 0 aliphatic rings. The van der Waals surface area contributed by atoms with Crippen LogP contribution in [0.1, 0.15) is 16.8 Å². The summed E-state index contributed by atoms with van der Waals surface area (Å²) in [6.07, 6.45) is 0.383. The highest BCUT2D eigenvalue weighted by atomic mass is 32.2. The molecular formula is C16H17FN2O3S. The number of halogens is 1. The minimum absolute atomic E-state index is 0.0908. The average Bonchev–Trinajstić information content (AvgIpc) is 2.55. The van der Waals surface area contributed by atoms with Gasteiger partial charge in [0.05, 0.1) is 12.9 Å². The molecule has 0 saturated heterocycles. The van der Waals surface area contributed by atoms with E-state index in [1.54, 1.807) is 26.1 Å². The highest BCUT2D eigenvalue weighted by molar-refractivity contribution is 7.99. The Morgan fingerprint density at radius 1 is 1.35 bits per heavy atom. The lowest BCUT2D eigenvalue weighted by atomic mass is 10.1. The van der Waals surface area contributed by atoms with E-state index in [1.165, 1.54) is 23.8 Å². The first-order valence-corrected chi connectivity index (χ1v) is 7.91. The normalized spacial score (nSPS) is 10.6. The minimum atomic E-state index is -0.378. The largest absolute Gasteiger partial charge is 0.468 e. The first-order chi connectivity index (χ1) is 10.9. The number of hydrogen-bond acceptors (Lipinski definition) is 5. The number of rotatable bonds is 5. The fourth-order valence-electron chi connectivity index (χ4n) is 2.05. The van der Waals surface area contributed by atoms with Gasteiger partial charge < -0.3 is 4.74 Å². The number of carbonyl (C=O) groups excluding carboxylic acids is 1. The summed E-state index contributed by atoms with van der Waals surface area (Å²) in [6, 6.07) is 6.02. The number of aromatic nitrogens is 2. The molecule has 0 radical (unpaired) electrons. The highest BCUT2D eigenvalue weighted by Gasteiger charge is 2.14. The Hall–Kier alpha value is -2.15. The van der Waals surface area contributed by atoms with Gasteiger partial charge in [0.25, 0.3) is 5.56 Å². The second-order valence-electron chi connectivity index (χ2n) is 4.99. The maximum Gasteiger partial charge on any atom is 0.316 e. The van der Waals surface area contributed by atoms with Crippen molar-refractivity contribution in [2.45, 2.75) is 18.5 Å². The van der Waals surface area contributed by atoms with Gasteiger partial charge in [-0.3, -0.25) is 14.2 Å². The van der Waals surface area contributed by atoms with Gasteiger partial charge in [0.2, 0.25) is 0 Å². The van der Waals surface area contributed by atoms with Crippen molar-refractivity contribution in [1.82, 2.24) is 9.55 Å². The van der Waals surface area contributed by atoms with Gasteiger partial charge in [-0.05, 0) is 24.6 Å². The van der Waals surface area contributed by atoms with E-state index in [9.17, 15) is 14.0 Å². The first kappa shape index (κ1) is 17.2. The Morgan fingerprint density at radius 3 is 2.61 bits per heavy atom. The molecule has 0 aliphatic carbocycles. The number of esters is 1. The van der Waals surface area contributed by atoms with Gasteiger partial charge in [-0.25, -0.2) is 9.37 Å². The molecular weight excluding hydrogens is 319 g/mol. The molecule has 1 aromatic carbocycles. The lowest BCUT2D eigenvalue weighted by Crippen LogP contribution is -2.26. The molecule has 0 amide bonds. The van der Waals surface area contributed by atoms with Gasteiger partial charge >= 0.3 is 5.97 Å². The summed E-state index contributed by atoms with van der Waals surface area (Å²) in [4.78, 5) is 28.1. The molecule has 0 spiro atoms. The topological polar surface area (TPSA) is 61.2 Å². The van der Waals surface area contributed by atoms with Crippen molar-refractivity contribution < 1.29 is 13.9 Å². The zero-order valence-corrected chi connectivity index (χ0v) is 13.9. The van der Waals surface area contributed by atoms with E-state index in [-0.39, 0.29) is 23.1 Å². The number of benzene rings is 1. The standard InChI is InChI=1S/C16H17FN2O3S/c1-10-13(8-11-4-6-12(17)7-5-11)15(21)19(2)16(18-10)23-9-14(20)22-3/h4-7H,8-9H2,1-3H3. The molecule has 0 atom stereocenters. The smallest absolute Gasteiger partial charge is 0.316 e. The molecule has 2 aromatic rings. The van der Waals surface area contributed by atoms with Gasteiger partial charge in [0.15, 0.2) is 5.16 Å². The van der Waals surface area contributed by atoms with Crippen molar-refractivity contribution in [2.24, 2.45) is 7.05 Å². The van der Waals surface area contributed by atoms with Crippen molar-refractivity contribution in [3.8, 4) is 0 Å². The van der Waals surface area contributed by atoms with E-state index in [4.69, 9.17) is 0 Å². The molecule has 0 fully saturated rings. The van der Waals surface area contributed by atoms with Crippen molar-refractivity contribution in [1.29, 1.82) is 0 Å². The van der Waals surface area contributed by atoms with E-state index in [2.05, 4.69) is 9.72 Å².